The predicted octanol–water partition coefficient (Wildman–Crippen LogP) is 1.85. The monoisotopic (exact) mass is 357 g/mol. The molecule has 0 aliphatic carbocycles. The molecule has 1 aliphatic rings. The van der Waals surface area contributed by atoms with Crippen molar-refractivity contribution in [2.24, 2.45) is 4.40 Å². The van der Waals surface area contributed by atoms with E-state index in [2.05, 4.69) is 14.4 Å². The van der Waals surface area contributed by atoms with Gasteiger partial charge in [-0.3, -0.25) is 9.52 Å². The summed E-state index contributed by atoms with van der Waals surface area (Å²) in [5.41, 5.74) is 1.17. The van der Waals surface area contributed by atoms with E-state index in [1.807, 2.05) is 6.07 Å². The highest BCUT2D eigenvalue weighted by atomic mass is 32.2. The van der Waals surface area contributed by atoms with Crippen LogP contribution in [0.25, 0.3) is 0 Å². The molecule has 0 unspecified atom stereocenters. The van der Waals surface area contributed by atoms with E-state index in [4.69, 9.17) is 4.74 Å². The van der Waals surface area contributed by atoms with Crippen LogP contribution in [0.5, 0.6) is 5.75 Å². The Morgan fingerprint density at radius 2 is 1.76 bits per heavy atom. The number of benzene rings is 2. The first-order chi connectivity index (χ1) is 12.0. The molecule has 1 heterocycles. The number of para-hydroxylation sites is 1. The highest BCUT2D eigenvalue weighted by molar-refractivity contribution is 7.88. The van der Waals surface area contributed by atoms with Gasteiger partial charge in [0.05, 0.1) is 12.8 Å². The van der Waals surface area contributed by atoms with E-state index in [1.54, 1.807) is 48.5 Å². The Kier molecular flexibility index (Phi) is 4.53. The first-order valence-corrected chi connectivity index (χ1v) is 8.76. The summed E-state index contributed by atoms with van der Waals surface area (Å²) >= 11 is 0. The first-order valence-electron chi connectivity index (χ1n) is 7.32. The van der Waals surface area contributed by atoms with E-state index < -0.39 is 16.1 Å². The average molecular weight is 357 g/mol. The molecule has 3 rings (SSSR count). The van der Waals surface area contributed by atoms with E-state index in [-0.39, 0.29) is 11.4 Å². The van der Waals surface area contributed by atoms with Crippen molar-refractivity contribution < 1.29 is 17.9 Å². The SMILES string of the molecule is COc1ccc(C2=NS(=O)(=O)NC(C(=O)Nc3ccccc3)=C2)cc1. The molecule has 0 saturated carbocycles. The van der Waals surface area contributed by atoms with Gasteiger partial charge in [-0.25, -0.2) is 0 Å². The van der Waals surface area contributed by atoms with E-state index in [9.17, 15) is 13.2 Å². The number of allylic oxidation sites excluding steroid dienone is 1. The van der Waals surface area contributed by atoms with Gasteiger partial charge in [0.15, 0.2) is 0 Å². The Hall–Kier alpha value is -3.13. The fraction of sp³-hybridized carbons (Fsp3) is 0.0588. The third-order valence-corrected chi connectivity index (χ3v) is 4.32. The maximum atomic E-state index is 12.4. The van der Waals surface area contributed by atoms with Gasteiger partial charge in [-0.05, 0) is 42.5 Å². The number of rotatable bonds is 4. The van der Waals surface area contributed by atoms with Crippen molar-refractivity contribution in [2.75, 3.05) is 12.4 Å². The molecule has 8 heteroatoms. The number of anilines is 1. The maximum absolute atomic E-state index is 12.4. The van der Waals surface area contributed by atoms with E-state index in [0.29, 0.717) is 17.0 Å². The molecular formula is C17H15N3O4S. The highest BCUT2D eigenvalue weighted by Gasteiger charge is 2.23. The summed E-state index contributed by atoms with van der Waals surface area (Å²) in [5.74, 6) is 0.0582. The molecule has 0 atom stereocenters. The average Bonchev–Trinajstić information content (AvgIpc) is 2.61. The van der Waals surface area contributed by atoms with Crippen LogP contribution in [0.15, 0.2) is 70.8 Å². The molecule has 2 aromatic carbocycles. The number of nitrogens with zero attached hydrogens (tertiary/aromatic N) is 1. The molecule has 1 amide bonds. The Morgan fingerprint density at radius 1 is 1.08 bits per heavy atom. The van der Waals surface area contributed by atoms with Gasteiger partial charge in [0.1, 0.15) is 11.4 Å². The standard InChI is InChI=1S/C17H15N3O4S/c1-24-14-9-7-12(8-10-14)15-11-16(20-25(22,23)19-15)17(21)18-13-5-3-2-4-6-13/h2-11,20H,1H3,(H,18,21). The second kappa shape index (κ2) is 6.78. The van der Waals surface area contributed by atoms with Crippen LogP contribution in [-0.2, 0) is 15.0 Å². The number of hydrogen-bond donors (Lipinski definition) is 2. The van der Waals surface area contributed by atoms with E-state index >= 15 is 0 Å². The minimum absolute atomic E-state index is 0.107. The van der Waals surface area contributed by atoms with Crippen LogP contribution >= 0.6 is 0 Å². The lowest BCUT2D eigenvalue weighted by Crippen LogP contribution is -2.33. The summed E-state index contributed by atoms with van der Waals surface area (Å²) in [6.45, 7) is 0. The summed E-state index contributed by atoms with van der Waals surface area (Å²) in [4.78, 5) is 12.4. The van der Waals surface area contributed by atoms with Crippen LogP contribution in [0.4, 0.5) is 5.69 Å². The number of amides is 1. The smallest absolute Gasteiger partial charge is 0.343 e. The summed E-state index contributed by atoms with van der Waals surface area (Å²) in [6.07, 6.45) is 1.39. The summed E-state index contributed by atoms with van der Waals surface area (Å²) in [7, 11) is -2.47. The minimum Gasteiger partial charge on any atom is -0.497 e. The molecule has 0 radical (unpaired) electrons. The van der Waals surface area contributed by atoms with Crippen molar-refractivity contribution in [3.05, 3.63) is 71.9 Å². The Morgan fingerprint density at radius 3 is 2.40 bits per heavy atom. The molecule has 0 aromatic heterocycles. The molecule has 2 aromatic rings. The number of nitrogens with one attached hydrogen (secondary N) is 2. The molecule has 0 saturated heterocycles. The Labute approximate surface area is 145 Å². The summed E-state index contributed by atoms with van der Waals surface area (Å²) < 4.78 is 34.8. The van der Waals surface area contributed by atoms with Gasteiger partial charge in [-0.15, -0.1) is 4.40 Å². The van der Waals surface area contributed by atoms with Crippen LogP contribution < -0.4 is 14.8 Å². The molecule has 128 valence electrons. The lowest BCUT2D eigenvalue weighted by Gasteiger charge is -2.15. The third-order valence-electron chi connectivity index (χ3n) is 3.40. The molecule has 1 aliphatic heterocycles. The normalized spacial score (nSPS) is 15.4. The summed E-state index contributed by atoms with van der Waals surface area (Å²) in [5, 5.41) is 2.63. The topological polar surface area (TPSA) is 96.9 Å². The second-order valence-corrected chi connectivity index (χ2v) is 6.50. The number of carbonyl (C=O) groups is 1. The molecular weight excluding hydrogens is 342 g/mol. The van der Waals surface area contributed by atoms with Gasteiger partial charge in [0, 0.05) is 11.3 Å². The van der Waals surface area contributed by atoms with Crippen molar-refractivity contribution in [1.29, 1.82) is 0 Å². The second-order valence-electron chi connectivity index (χ2n) is 5.16. The fourth-order valence-electron chi connectivity index (χ4n) is 2.21. The van der Waals surface area contributed by atoms with Gasteiger partial charge in [0.2, 0.25) is 0 Å². The number of ether oxygens (including phenoxy) is 1. The van der Waals surface area contributed by atoms with Gasteiger partial charge in [0.25, 0.3) is 5.91 Å². The van der Waals surface area contributed by atoms with Gasteiger partial charge < -0.3 is 10.1 Å². The van der Waals surface area contributed by atoms with Gasteiger partial charge >= 0.3 is 10.2 Å². The van der Waals surface area contributed by atoms with Crippen LogP contribution in [0.2, 0.25) is 0 Å². The van der Waals surface area contributed by atoms with Crippen LogP contribution in [0.3, 0.4) is 0 Å². The lowest BCUT2D eigenvalue weighted by atomic mass is 10.1. The molecule has 0 fully saturated rings. The zero-order chi connectivity index (χ0) is 17.9. The summed E-state index contributed by atoms with van der Waals surface area (Å²) in [6, 6.07) is 15.4. The predicted molar refractivity (Wildman–Crippen MR) is 94.7 cm³/mol. The van der Waals surface area contributed by atoms with Gasteiger partial charge in [-0.2, -0.15) is 8.42 Å². The zero-order valence-corrected chi connectivity index (χ0v) is 14.1. The lowest BCUT2D eigenvalue weighted by molar-refractivity contribution is -0.113. The first kappa shape index (κ1) is 16.7. The van der Waals surface area contributed by atoms with E-state index in [1.165, 1.54) is 13.2 Å². The van der Waals surface area contributed by atoms with Crippen molar-refractivity contribution >= 4 is 27.5 Å². The highest BCUT2D eigenvalue weighted by Crippen LogP contribution is 2.17. The van der Waals surface area contributed by atoms with Crippen molar-refractivity contribution in [2.45, 2.75) is 0 Å². The van der Waals surface area contributed by atoms with Crippen molar-refractivity contribution in [3.8, 4) is 5.75 Å². The molecule has 0 bridgehead atoms. The number of hydrogen-bond acceptors (Lipinski definition) is 4. The van der Waals surface area contributed by atoms with Crippen LogP contribution in [0.1, 0.15) is 5.56 Å². The number of carbonyl (C=O) groups excluding carboxylic acids is 1. The van der Waals surface area contributed by atoms with Crippen LogP contribution in [0, 0.1) is 0 Å². The zero-order valence-electron chi connectivity index (χ0n) is 13.3. The van der Waals surface area contributed by atoms with Gasteiger partial charge in [-0.1, -0.05) is 18.2 Å². The van der Waals surface area contributed by atoms with E-state index in [0.717, 1.165) is 0 Å². The molecule has 7 nitrogen and oxygen atoms in total. The largest absolute Gasteiger partial charge is 0.497 e. The van der Waals surface area contributed by atoms with Crippen molar-refractivity contribution in [1.82, 2.24) is 4.72 Å². The van der Waals surface area contributed by atoms with Crippen LogP contribution in [-0.4, -0.2) is 27.1 Å². The third kappa shape index (κ3) is 4.04. The molecule has 25 heavy (non-hydrogen) atoms. The maximum Gasteiger partial charge on any atom is 0.343 e. The fourth-order valence-corrected chi connectivity index (χ4v) is 3.11. The Balaban J connectivity index is 1.90. The minimum atomic E-state index is -4.00. The quantitative estimate of drug-likeness (QED) is 0.873. The molecule has 0 spiro atoms. The Bertz CT molecular complexity index is 949. The molecule has 2 N–H and O–H groups in total. The number of methoxy groups -OCH3 is 1. The van der Waals surface area contributed by atoms with Crippen molar-refractivity contribution in [3.63, 3.8) is 0 Å².